The van der Waals surface area contributed by atoms with Gasteiger partial charge in [-0.05, 0) is 12.1 Å². The number of β-amino-alcohol motifs (C(OH)–C–C–N with tert-alkyl or cyclic N) is 1. The molecule has 0 aliphatic carbocycles. The van der Waals surface area contributed by atoms with Crippen molar-refractivity contribution in [2.45, 2.75) is 12.1 Å². The van der Waals surface area contributed by atoms with E-state index in [1.807, 2.05) is 0 Å². The maximum atomic E-state index is 13.6. The van der Waals surface area contributed by atoms with Crippen molar-refractivity contribution in [3.63, 3.8) is 0 Å². The monoisotopic (exact) mass is 254 g/mol. The number of hydrogen-bond donors (Lipinski definition) is 3. The summed E-state index contributed by atoms with van der Waals surface area (Å²) in [7, 11) is 1.52. The van der Waals surface area contributed by atoms with Gasteiger partial charge in [0.2, 0.25) is 0 Å². The summed E-state index contributed by atoms with van der Waals surface area (Å²) >= 11 is 0. The van der Waals surface area contributed by atoms with E-state index < -0.39 is 17.8 Å². The first-order valence-electron chi connectivity index (χ1n) is 5.65. The molecule has 1 aliphatic rings. The highest BCUT2D eigenvalue weighted by molar-refractivity contribution is 5.94. The van der Waals surface area contributed by atoms with Gasteiger partial charge in [-0.2, -0.15) is 0 Å². The molecule has 1 aliphatic heterocycles. The smallest absolute Gasteiger partial charge is 0.256 e. The van der Waals surface area contributed by atoms with Crippen LogP contribution in [0.25, 0.3) is 0 Å². The molecule has 2 atom stereocenters. The molecule has 0 bridgehead atoms. The van der Waals surface area contributed by atoms with E-state index in [9.17, 15) is 14.3 Å². The zero-order chi connectivity index (χ0) is 13.3. The molecule has 1 aromatic rings. The number of amides is 1. The maximum absolute atomic E-state index is 13.6. The van der Waals surface area contributed by atoms with Crippen LogP contribution in [0.15, 0.2) is 18.2 Å². The molecule has 6 heteroatoms. The van der Waals surface area contributed by atoms with E-state index in [1.165, 1.54) is 24.1 Å². The third kappa shape index (κ3) is 2.30. The van der Waals surface area contributed by atoms with Gasteiger partial charge in [0.05, 0.1) is 17.7 Å². The Bertz CT molecular complexity index is 467. The summed E-state index contributed by atoms with van der Waals surface area (Å²) in [6.07, 6.45) is -0.654. The summed E-state index contributed by atoms with van der Waals surface area (Å²) in [5.74, 6) is -1.51. The number of phenolic OH excluding ortho intramolecular Hbond substituents is 1. The lowest BCUT2D eigenvalue weighted by Crippen LogP contribution is -2.44. The lowest BCUT2D eigenvalue weighted by atomic mass is 10.1. The fraction of sp³-hybridized carbons (Fsp3) is 0.417. The zero-order valence-electron chi connectivity index (χ0n) is 9.93. The largest absolute Gasteiger partial charge is 0.508 e. The summed E-state index contributed by atoms with van der Waals surface area (Å²) in [6, 6.07) is 3.02. The maximum Gasteiger partial charge on any atom is 0.256 e. The van der Waals surface area contributed by atoms with Crippen LogP contribution >= 0.6 is 0 Å². The van der Waals surface area contributed by atoms with Gasteiger partial charge in [-0.1, -0.05) is 0 Å². The molecule has 0 radical (unpaired) electrons. The Morgan fingerprint density at radius 2 is 2.22 bits per heavy atom. The Balaban J connectivity index is 2.20. The van der Waals surface area contributed by atoms with Gasteiger partial charge in [-0.3, -0.25) is 4.79 Å². The van der Waals surface area contributed by atoms with Gasteiger partial charge in [0.25, 0.3) is 5.91 Å². The number of nitrogens with one attached hydrogen (secondary N) is 1. The molecule has 0 unspecified atom stereocenters. The third-order valence-corrected chi connectivity index (χ3v) is 3.15. The number of hydrogen-bond acceptors (Lipinski definition) is 4. The van der Waals surface area contributed by atoms with Crippen molar-refractivity contribution < 1.29 is 19.4 Å². The average Bonchev–Trinajstić information content (AvgIpc) is 2.74. The van der Waals surface area contributed by atoms with Crippen molar-refractivity contribution in [3.05, 3.63) is 29.6 Å². The molecule has 1 amide bonds. The van der Waals surface area contributed by atoms with E-state index >= 15 is 0 Å². The molecule has 1 heterocycles. The zero-order valence-corrected chi connectivity index (χ0v) is 9.93. The van der Waals surface area contributed by atoms with Crippen molar-refractivity contribution in [2.75, 3.05) is 20.1 Å². The van der Waals surface area contributed by atoms with Crippen LogP contribution in [0, 0.1) is 5.82 Å². The number of carbonyl (C=O) groups excluding carboxylic acids is 1. The third-order valence-electron chi connectivity index (χ3n) is 3.15. The van der Waals surface area contributed by atoms with E-state index in [0.29, 0.717) is 13.1 Å². The number of aromatic hydroxyl groups is 1. The van der Waals surface area contributed by atoms with Crippen LogP contribution in [0.2, 0.25) is 0 Å². The molecule has 1 aromatic carbocycles. The van der Waals surface area contributed by atoms with Crippen LogP contribution < -0.4 is 5.32 Å². The van der Waals surface area contributed by atoms with Gasteiger partial charge in [0.15, 0.2) is 0 Å². The highest BCUT2D eigenvalue weighted by Crippen LogP contribution is 2.18. The van der Waals surface area contributed by atoms with Gasteiger partial charge >= 0.3 is 0 Å². The van der Waals surface area contributed by atoms with Gasteiger partial charge in [-0.25, -0.2) is 4.39 Å². The van der Waals surface area contributed by atoms with Crippen molar-refractivity contribution >= 4 is 5.91 Å². The summed E-state index contributed by atoms with van der Waals surface area (Å²) in [5.41, 5.74) is -0.116. The summed E-state index contributed by atoms with van der Waals surface area (Å²) in [5, 5.41) is 21.7. The van der Waals surface area contributed by atoms with E-state index in [-0.39, 0.29) is 17.4 Å². The molecule has 0 saturated carbocycles. The van der Waals surface area contributed by atoms with Crippen molar-refractivity contribution in [1.82, 2.24) is 10.2 Å². The van der Waals surface area contributed by atoms with Crippen LogP contribution in [-0.4, -0.2) is 53.3 Å². The second-order valence-electron chi connectivity index (χ2n) is 4.37. The predicted molar refractivity (Wildman–Crippen MR) is 62.8 cm³/mol. The average molecular weight is 254 g/mol. The Morgan fingerprint density at radius 1 is 1.50 bits per heavy atom. The number of benzene rings is 1. The number of carbonyl (C=O) groups is 1. The van der Waals surface area contributed by atoms with Crippen LogP contribution in [0.1, 0.15) is 10.4 Å². The first kappa shape index (κ1) is 12.8. The molecule has 0 aromatic heterocycles. The number of aliphatic hydroxyl groups is 1. The molecule has 18 heavy (non-hydrogen) atoms. The van der Waals surface area contributed by atoms with E-state index in [1.54, 1.807) is 0 Å². The summed E-state index contributed by atoms with van der Waals surface area (Å²) < 4.78 is 13.6. The fourth-order valence-corrected chi connectivity index (χ4v) is 2.06. The molecule has 3 N–H and O–H groups in total. The lowest BCUT2D eigenvalue weighted by molar-refractivity contribution is 0.0577. The lowest BCUT2D eigenvalue weighted by Gasteiger charge is -2.26. The van der Waals surface area contributed by atoms with Crippen LogP contribution in [0.4, 0.5) is 4.39 Å². The molecule has 1 fully saturated rings. The Labute approximate surface area is 104 Å². The fourth-order valence-electron chi connectivity index (χ4n) is 2.06. The standard InChI is InChI=1S/C12H15FN2O3/c1-15(10-5-14-6-11(10)17)12(18)8-3-2-7(16)4-9(8)13/h2-4,10-11,14,16-17H,5-6H2,1H3/t10-,11-/m0/s1. The quantitative estimate of drug-likeness (QED) is 0.691. The van der Waals surface area contributed by atoms with Crippen molar-refractivity contribution in [1.29, 1.82) is 0 Å². The first-order valence-corrected chi connectivity index (χ1v) is 5.65. The topological polar surface area (TPSA) is 72.8 Å². The number of likely N-dealkylation sites (N-methyl/N-ethyl adjacent to an activating group) is 1. The summed E-state index contributed by atoms with van der Waals surface area (Å²) in [4.78, 5) is 13.4. The van der Waals surface area contributed by atoms with Gasteiger partial charge < -0.3 is 20.4 Å². The number of aliphatic hydroxyl groups excluding tert-OH is 1. The molecule has 1 saturated heterocycles. The van der Waals surface area contributed by atoms with Crippen LogP contribution in [-0.2, 0) is 0 Å². The van der Waals surface area contributed by atoms with E-state index in [2.05, 4.69) is 5.32 Å². The SMILES string of the molecule is CN(C(=O)c1ccc(O)cc1F)[C@H]1CNC[C@@H]1O. The second kappa shape index (κ2) is 4.91. The molecule has 98 valence electrons. The van der Waals surface area contributed by atoms with Gasteiger partial charge in [-0.15, -0.1) is 0 Å². The molecular weight excluding hydrogens is 239 g/mol. The number of nitrogens with zero attached hydrogens (tertiary/aromatic N) is 1. The molecule has 5 nitrogen and oxygen atoms in total. The predicted octanol–water partition coefficient (Wildman–Crippen LogP) is -0.0640. The Hall–Kier alpha value is -1.66. The Morgan fingerprint density at radius 3 is 2.78 bits per heavy atom. The molecule has 0 spiro atoms. The second-order valence-corrected chi connectivity index (χ2v) is 4.37. The number of phenols is 1. The van der Waals surface area contributed by atoms with E-state index in [0.717, 1.165) is 6.07 Å². The number of halogens is 1. The van der Waals surface area contributed by atoms with Crippen molar-refractivity contribution in [2.24, 2.45) is 0 Å². The van der Waals surface area contributed by atoms with Gasteiger partial charge in [0, 0.05) is 26.2 Å². The first-order chi connectivity index (χ1) is 8.50. The van der Waals surface area contributed by atoms with E-state index in [4.69, 9.17) is 5.11 Å². The minimum absolute atomic E-state index is 0.116. The minimum Gasteiger partial charge on any atom is -0.508 e. The van der Waals surface area contributed by atoms with Crippen molar-refractivity contribution in [3.8, 4) is 5.75 Å². The molecular formula is C12H15FN2O3. The molecule has 2 rings (SSSR count). The van der Waals surface area contributed by atoms with Gasteiger partial charge in [0.1, 0.15) is 11.6 Å². The highest BCUT2D eigenvalue weighted by atomic mass is 19.1. The van der Waals surface area contributed by atoms with Crippen LogP contribution in [0.3, 0.4) is 0 Å². The normalized spacial score (nSPS) is 23.1. The summed E-state index contributed by atoms with van der Waals surface area (Å²) in [6.45, 7) is 0.892. The Kier molecular flexibility index (Phi) is 3.49. The highest BCUT2D eigenvalue weighted by Gasteiger charge is 2.32. The van der Waals surface area contributed by atoms with Crippen LogP contribution in [0.5, 0.6) is 5.75 Å². The minimum atomic E-state index is -0.771. The number of rotatable bonds is 2.